The summed E-state index contributed by atoms with van der Waals surface area (Å²) in [6.45, 7) is 4.56. The summed E-state index contributed by atoms with van der Waals surface area (Å²) in [5.74, 6) is -0.608. The van der Waals surface area contributed by atoms with E-state index in [0.29, 0.717) is 55.9 Å². The lowest BCUT2D eigenvalue weighted by molar-refractivity contribution is -0.155. The first kappa shape index (κ1) is 20.1. The molecule has 0 unspecified atom stereocenters. The van der Waals surface area contributed by atoms with E-state index in [1.807, 2.05) is 0 Å². The fourth-order valence-corrected chi connectivity index (χ4v) is 3.61. The van der Waals surface area contributed by atoms with Crippen LogP contribution in [0.5, 0.6) is 0 Å². The zero-order valence-electron chi connectivity index (χ0n) is 15.6. The van der Waals surface area contributed by atoms with Crippen molar-refractivity contribution in [1.29, 1.82) is 0 Å². The molecule has 0 radical (unpaired) electrons. The quantitative estimate of drug-likeness (QED) is 0.699. The lowest BCUT2D eigenvalue weighted by Gasteiger charge is -2.40. The summed E-state index contributed by atoms with van der Waals surface area (Å²) in [5, 5.41) is 9.75. The van der Waals surface area contributed by atoms with Gasteiger partial charge in [0.15, 0.2) is 0 Å². The van der Waals surface area contributed by atoms with Gasteiger partial charge in [-0.3, -0.25) is 14.4 Å². The van der Waals surface area contributed by atoms with E-state index < -0.39 is 11.4 Å². The van der Waals surface area contributed by atoms with E-state index in [9.17, 15) is 19.5 Å². The summed E-state index contributed by atoms with van der Waals surface area (Å²) in [6, 6.07) is 0. The van der Waals surface area contributed by atoms with Crippen molar-refractivity contribution in [2.75, 3.05) is 26.8 Å². The van der Waals surface area contributed by atoms with Gasteiger partial charge in [0.2, 0.25) is 5.91 Å². The summed E-state index contributed by atoms with van der Waals surface area (Å²) in [5.41, 5.74) is -0.392. The van der Waals surface area contributed by atoms with Crippen molar-refractivity contribution in [2.24, 2.45) is 5.41 Å². The highest BCUT2D eigenvalue weighted by atomic mass is 16.5. The van der Waals surface area contributed by atoms with Gasteiger partial charge in [-0.05, 0) is 39.5 Å². The Morgan fingerprint density at radius 3 is 2.73 bits per heavy atom. The van der Waals surface area contributed by atoms with Crippen LogP contribution in [0.4, 0.5) is 0 Å². The fourth-order valence-electron chi connectivity index (χ4n) is 3.61. The highest BCUT2D eigenvalue weighted by molar-refractivity contribution is 5.81. The van der Waals surface area contributed by atoms with Gasteiger partial charge in [-0.25, -0.2) is 4.98 Å². The zero-order chi connectivity index (χ0) is 19.3. The number of aliphatic carboxylic acids is 1. The van der Waals surface area contributed by atoms with Crippen LogP contribution in [0.1, 0.15) is 42.8 Å². The molecule has 144 valence electrons. The molecule has 1 amide bonds. The number of carboxylic acids is 1. The van der Waals surface area contributed by atoms with Gasteiger partial charge in [-0.1, -0.05) is 0 Å². The van der Waals surface area contributed by atoms with Crippen molar-refractivity contribution in [1.82, 2.24) is 14.9 Å². The Hall–Kier alpha value is -2.22. The Labute approximate surface area is 152 Å². The molecule has 8 heteroatoms. The monoisotopic (exact) mass is 365 g/mol. The van der Waals surface area contributed by atoms with E-state index >= 15 is 0 Å². The van der Waals surface area contributed by atoms with E-state index in [-0.39, 0.29) is 24.4 Å². The lowest BCUT2D eigenvalue weighted by atomic mass is 9.76. The standard InChI is InChI=1S/C18H27N3O5/c1-12-14(16(23)20-13(2)19-12)10-15(22)21-8-4-6-18(11-21,17(24)25)7-5-9-26-3/h4-11H2,1-3H3,(H,24,25)(H,19,20,23)/t18-/m0/s1. The maximum atomic E-state index is 12.7. The maximum Gasteiger partial charge on any atom is 0.311 e. The molecule has 1 saturated heterocycles. The number of likely N-dealkylation sites (tertiary alicyclic amines) is 1. The van der Waals surface area contributed by atoms with Gasteiger partial charge in [0.25, 0.3) is 5.56 Å². The van der Waals surface area contributed by atoms with Gasteiger partial charge in [0, 0.05) is 38.1 Å². The van der Waals surface area contributed by atoms with Crippen molar-refractivity contribution >= 4 is 11.9 Å². The minimum Gasteiger partial charge on any atom is -0.481 e. The average Bonchev–Trinajstić information content (AvgIpc) is 2.58. The third kappa shape index (κ3) is 4.49. The molecule has 1 fully saturated rings. The minimum absolute atomic E-state index is 0.0672. The van der Waals surface area contributed by atoms with Gasteiger partial charge >= 0.3 is 5.97 Å². The molecule has 2 rings (SSSR count). The number of nitrogens with zero attached hydrogens (tertiary/aromatic N) is 2. The van der Waals surface area contributed by atoms with Crippen LogP contribution in [-0.4, -0.2) is 58.7 Å². The molecule has 1 atom stereocenters. The van der Waals surface area contributed by atoms with Gasteiger partial charge in [0.1, 0.15) is 5.82 Å². The van der Waals surface area contributed by atoms with E-state index in [4.69, 9.17) is 4.74 Å². The molecule has 0 spiro atoms. The number of aromatic nitrogens is 2. The smallest absolute Gasteiger partial charge is 0.311 e. The number of amides is 1. The predicted molar refractivity (Wildman–Crippen MR) is 95.0 cm³/mol. The number of carboxylic acid groups (broad SMARTS) is 1. The molecule has 1 aliphatic rings. The van der Waals surface area contributed by atoms with Crippen molar-refractivity contribution in [3.8, 4) is 0 Å². The van der Waals surface area contributed by atoms with Crippen LogP contribution in [-0.2, 0) is 20.7 Å². The summed E-state index contributed by atoms with van der Waals surface area (Å²) >= 11 is 0. The second kappa shape index (κ2) is 8.44. The fraction of sp³-hybridized carbons (Fsp3) is 0.667. The Morgan fingerprint density at radius 2 is 2.12 bits per heavy atom. The number of methoxy groups -OCH3 is 1. The first-order valence-electron chi connectivity index (χ1n) is 8.85. The molecule has 0 aromatic carbocycles. The van der Waals surface area contributed by atoms with Crippen molar-refractivity contribution < 1.29 is 19.4 Å². The van der Waals surface area contributed by atoms with E-state index in [0.717, 1.165) is 0 Å². The maximum absolute atomic E-state index is 12.7. The average molecular weight is 365 g/mol. The normalized spacial score (nSPS) is 20.2. The van der Waals surface area contributed by atoms with Crippen LogP contribution in [0.3, 0.4) is 0 Å². The van der Waals surface area contributed by atoms with Crippen molar-refractivity contribution in [3.63, 3.8) is 0 Å². The molecule has 1 aromatic rings. The first-order valence-corrected chi connectivity index (χ1v) is 8.85. The van der Waals surface area contributed by atoms with Crippen LogP contribution in [0.15, 0.2) is 4.79 Å². The number of piperidine rings is 1. The van der Waals surface area contributed by atoms with Gasteiger partial charge in [-0.15, -0.1) is 0 Å². The largest absolute Gasteiger partial charge is 0.481 e. The molecule has 0 saturated carbocycles. The molecule has 1 aliphatic heterocycles. The van der Waals surface area contributed by atoms with E-state index in [1.165, 1.54) is 0 Å². The number of aryl methyl sites for hydroxylation is 2. The summed E-state index contributed by atoms with van der Waals surface area (Å²) in [6.07, 6.45) is 2.20. The Kier molecular flexibility index (Phi) is 6.52. The topological polar surface area (TPSA) is 113 Å². The number of aromatic amines is 1. The predicted octanol–water partition coefficient (Wildman–Crippen LogP) is 1.05. The van der Waals surface area contributed by atoms with Gasteiger partial charge < -0.3 is 19.7 Å². The molecule has 1 aromatic heterocycles. The number of carbonyl (C=O) groups excluding carboxylic acids is 1. The highest BCUT2D eigenvalue weighted by Crippen LogP contribution is 2.35. The summed E-state index contributed by atoms with van der Waals surface area (Å²) in [7, 11) is 1.58. The number of H-pyrrole nitrogens is 1. The third-order valence-corrected chi connectivity index (χ3v) is 5.06. The van der Waals surface area contributed by atoms with Crippen molar-refractivity contribution in [2.45, 2.75) is 46.0 Å². The van der Waals surface area contributed by atoms with Crippen molar-refractivity contribution in [3.05, 3.63) is 27.4 Å². The molecule has 2 heterocycles. The van der Waals surface area contributed by atoms with Crippen LogP contribution in [0.25, 0.3) is 0 Å². The van der Waals surface area contributed by atoms with E-state index in [1.54, 1.807) is 25.9 Å². The number of rotatable bonds is 7. The van der Waals surface area contributed by atoms with Crippen LogP contribution < -0.4 is 5.56 Å². The zero-order valence-corrected chi connectivity index (χ0v) is 15.6. The molecule has 2 N–H and O–H groups in total. The summed E-state index contributed by atoms with van der Waals surface area (Å²) in [4.78, 5) is 45.1. The van der Waals surface area contributed by atoms with Crippen LogP contribution >= 0.6 is 0 Å². The number of nitrogens with one attached hydrogen (secondary N) is 1. The van der Waals surface area contributed by atoms with Crippen LogP contribution in [0.2, 0.25) is 0 Å². The molecular weight excluding hydrogens is 338 g/mol. The second-order valence-corrected chi connectivity index (χ2v) is 6.99. The van der Waals surface area contributed by atoms with Gasteiger partial charge in [0.05, 0.1) is 11.8 Å². The molecule has 8 nitrogen and oxygen atoms in total. The lowest BCUT2D eigenvalue weighted by Crippen LogP contribution is -2.50. The summed E-state index contributed by atoms with van der Waals surface area (Å²) < 4.78 is 5.03. The third-order valence-electron chi connectivity index (χ3n) is 5.06. The number of ether oxygens (including phenoxy) is 1. The highest BCUT2D eigenvalue weighted by Gasteiger charge is 2.43. The number of hydrogen-bond acceptors (Lipinski definition) is 5. The Bertz CT molecular complexity index is 730. The van der Waals surface area contributed by atoms with Gasteiger partial charge in [-0.2, -0.15) is 0 Å². The SMILES string of the molecule is COCCC[C@@]1(C(=O)O)CCCN(C(=O)Cc2c(C)nc(C)[nH]c2=O)C1. The molecule has 0 aliphatic carbocycles. The van der Waals surface area contributed by atoms with Crippen LogP contribution in [0, 0.1) is 19.3 Å². The molecule has 26 heavy (non-hydrogen) atoms. The number of carbonyl (C=O) groups is 2. The molecular formula is C18H27N3O5. The second-order valence-electron chi connectivity index (χ2n) is 6.99. The molecule has 0 bridgehead atoms. The Balaban J connectivity index is 2.14. The Morgan fingerprint density at radius 1 is 1.38 bits per heavy atom. The minimum atomic E-state index is -0.945. The number of hydrogen-bond donors (Lipinski definition) is 2. The first-order chi connectivity index (χ1) is 12.3. The van der Waals surface area contributed by atoms with E-state index in [2.05, 4.69) is 9.97 Å².